The Morgan fingerprint density at radius 2 is 1.82 bits per heavy atom. The van der Waals surface area contributed by atoms with Gasteiger partial charge in [0.25, 0.3) is 0 Å². The van der Waals surface area contributed by atoms with E-state index in [9.17, 15) is 10.1 Å². The number of carbonyl (C=O) groups excluding carboxylic acids is 1. The number of nitriles is 1. The van der Waals surface area contributed by atoms with E-state index in [1.807, 2.05) is 17.0 Å². The quantitative estimate of drug-likeness (QED) is 0.208. The molecule has 0 aliphatic carbocycles. The molecule has 0 spiro atoms. The van der Waals surface area contributed by atoms with Crippen molar-refractivity contribution in [2.45, 2.75) is 88.9 Å². The van der Waals surface area contributed by atoms with E-state index in [1.54, 1.807) is 0 Å². The third kappa shape index (κ3) is 5.53. The van der Waals surface area contributed by atoms with E-state index in [1.165, 1.54) is 12.8 Å². The van der Waals surface area contributed by atoms with Crippen LogP contribution in [0.5, 0.6) is 5.88 Å². The number of nitrogens with zero attached hydrogens (tertiary/aromatic N) is 6. The average molecular weight is 659 g/mol. The molecule has 3 aromatic rings. The molecule has 1 aromatic heterocycles. The average Bonchev–Trinajstić information content (AvgIpc) is 3.79. The number of aromatic nitrogens is 1. The molecule has 0 unspecified atom stereocenters. The number of hydrogen-bond donors (Lipinski definition) is 0. The van der Waals surface area contributed by atoms with Crippen LogP contribution >= 0.6 is 0 Å². The minimum Gasteiger partial charge on any atom is -0.475 e. The van der Waals surface area contributed by atoms with Crippen molar-refractivity contribution in [1.29, 1.82) is 5.26 Å². The largest absolute Gasteiger partial charge is 0.475 e. The first kappa shape index (κ1) is 31.8. The first-order valence-corrected chi connectivity index (χ1v) is 18.3. The molecule has 5 aliphatic rings. The summed E-state index contributed by atoms with van der Waals surface area (Å²) in [5.41, 5.74) is 4.67. The molecule has 49 heavy (non-hydrogen) atoms. The van der Waals surface area contributed by atoms with Gasteiger partial charge in [-0.15, -0.1) is 6.42 Å². The van der Waals surface area contributed by atoms with Gasteiger partial charge in [0, 0.05) is 66.0 Å². The normalized spacial score (nSPS) is 22.5. The molecule has 8 rings (SSSR count). The van der Waals surface area contributed by atoms with E-state index in [0.717, 1.165) is 104 Å². The topological polar surface area (TPSA) is 85.2 Å². The molecule has 9 heteroatoms. The Morgan fingerprint density at radius 3 is 2.53 bits per heavy atom. The highest BCUT2D eigenvalue weighted by Crippen LogP contribution is 2.44. The van der Waals surface area contributed by atoms with Gasteiger partial charge in [-0.2, -0.15) is 10.2 Å². The van der Waals surface area contributed by atoms with Crippen LogP contribution in [0.1, 0.15) is 80.5 Å². The first-order chi connectivity index (χ1) is 24.0. The van der Waals surface area contributed by atoms with Crippen molar-refractivity contribution in [2.75, 3.05) is 55.7 Å². The number of unbranched alkanes of at least 4 members (excludes halogenated alkanes) is 1. The van der Waals surface area contributed by atoms with Gasteiger partial charge < -0.3 is 24.2 Å². The fraction of sp³-hybridized carbons (Fsp3) is 0.525. The van der Waals surface area contributed by atoms with E-state index in [2.05, 4.69) is 57.9 Å². The second-order valence-corrected chi connectivity index (χ2v) is 14.6. The fourth-order valence-electron chi connectivity index (χ4n) is 9.39. The van der Waals surface area contributed by atoms with Crippen LogP contribution < -0.4 is 14.5 Å². The van der Waals surface area contributed by atoms with Crippen LogP contribution in [0.25, 0.3) is 10.8 Å². The monoisotopic (exact) mass is 658 g/mol. The Morgan fingerprint density at radius 1 is 1.06 bits per heavy atom. The van der Waals surface area contributed by atoms with E-state index < -0.39 is 0 Å². The summed E-state index contributed by atoms with van der Waals surface area (Å²) in [5, 5.41) is 12.9. The molecule has 4 saturated heterocycles. The molecule has 4 fully saturated rings. The molecule has 2 bridgehead atoms. The van der Waals surface area contributed by atoms with Crippen LogP contribution in [0.4, 0.5) is 16.3 Å². The van der Waals surface area contributed by atoms with Crippen LogP contribution in [0, 0.1) is 23.7 Å². The number of likely N-dealkylation sites (tertiary alicyclic amines) is 1. The zero-order chi connectivity index (χ0) is 33.5. The predicted octanol–water partition coefficient (Wildman–Crippen LogP) is 6.25. The number of terminal acetylenes is 1. The molecule has 2 aromatic carbocycles. The van der Waals surface area contributed by atoms with Crippen LogP contribution in [0.2, 0.25) is 0 Å². The number of piperazine rings is 1. The SMILES string of the molecule is C#Cc1cccc2cccc(N3CCc4c(N5[C@@H]6CC[C@H]5CN(C(=O)OCCCC)C6)nc(OCC56CCCN5CCC6)c(C#N)c4C3)c12. The molecule has 5 aliphatic heterocycles. The van der Waals surface area contributed by atoms with Gasteiger partial charge in [0.2, 0.25) is 5.88 Å². The number of fused-ring (bicyclic) bond motifs is 5. The zero-order valence-electron chi connectivity index (χ0n) is 28.6. The summed E-state index contributed by atoms with van der Waals surface area (Å²) in [4.78, 5) is 27.6. The Balaban J connectivity index is 1.17. The molecule has 0 N–H and O–H groups in total. The lowest BCUT2D eigenvalue weighted by molar-refractivity contribution is 0.0924. The minimum atomic E-state index is -0.210. The Labute approximate surface area is 289 Å². The van der Waals surface area contributed by atoms with E-state index in [4.69, 9.17) is 20.9 Å². The smallest absolute Gasteiger partial charge is 0.409 e. The summed E-state index contributed by atoms with van der Waals surface area (Å²) >= 11 is 0. The van der Waals surface area contributed by atoms with Gasteiger partial charge in [0.1, 0.15) is 24.1 Å². The Kier molecular flexibility index (Phi) is 8.49. The first-order valence-electron chi connectivity index (χ1n) is 18.3. The van der Waals surface area contributed by atoms with Crippen LogP contribution in [0.15, 0.2) is 36.4 Å². The van der Waals surface area contributed by atoms with Gasteiger partial charge in [-0.05, 0) is 82.0 Å². The number of anilines is 2. The van der Waals surface area contributed by atoms with Gasteiger partial charge in [-0.1, -0.05) is 43.5 Å². The number of rotatable bonds is 8. The lowest BCUT2D eigenvalue weighted by atomic mass is 9.93. The zero-order valence-corrected chi connectivity index (χ0v) is 28.6. The fourth-order valence-corrected chi connectivity index (χ4v) is 9.39. The van der Waals surface area contributed by atoms with E-state index in [0.29, 0.717) is 44.3 Å². The highest BCUT2D eigenvalue weighted by Gasteiger charge is 2.47. The molecule has 254 valence electrons. The van der Waals surface area contributed by atoms with Crippen molar-refractivity contribution in [3.63, 3.8) is 0 Å². The minimum absolute atomic E-state index is 0.0356. The highest BCUT2D eigenvalue weighted by molar-refractivity contribution is 5.99. The van der Waals surface area contributed by atoms with Crippen molar-refractivity contribution < 1.29 is 14.3 Å². The lowest BCUT2D eigenvalue weighted by Crippen LogP contribution is -2.56. The maximum atomic E-state index is 13.0. The maximum Gasteiger partial charge on any atom is 0.409 e. The number of ether oxygens (including phenoxy) is 2. The molecular formula is C40H46N6O3. The van der Waals surface area contributed by atoms with E-state index in [-0.39, 0.29) is 23.7 Å². The molecule has 1 amide bonds. The van der Waals surface area contributed by atoms with Crippen LogP contribution in [-0.4, -0.2) is 84.4 Å². The second kappa shape index (κ2) is 13.1. The van der Waals surface area contributed by atoms with Gasteiger partial charge in [-0.25, -0.2) is 4.79 Å². The van der Waals surface area contributed by atoms with Crippen molar-refractivity contribution in [3.8, 4) is 24.3 Å². The second-order valence-electron chi connectivity index (χ2n) is 14.6. The van der Waals surface area contributed by atoms with Gasteiger partial charge in [0.05, 0.1) is 12.1 Å². The summed E-state index contributed by atoms with van der Waals surface area (Å²) in [6.45, 7) is 7.92. The number of carbonyl (C=O) groups is 1. The highest BCUT2D eigenvalue weighted by atomic mass is 16.6. The van der Waals surface area contributed by atoms with Crippen molar-refractivity contribution >= 4 is 28.4 Å². The molecule has 2 atom stereocenters. The molecule has 9 nitrogen and oxygen atoms in total. The summed E-state index contributed by atoms with van der Waals surface area (Å²) in [6.07, 6.45) is 15.0. The molecule has 6 heterocycles. The molecular weight excluding hydrogens is 612 g/mol. The van der Waals surface area contributed by atoms with Gasteiger partial charge >= 0.3 is 6.09 Å². The van der Waals surface area contributed by atoms with Gasteiger partial charge in [0.15, 0.2) is 0 Å². The molecule has 0 radical (unpaired) electrons. The number of amides is 1. The van der Waals surface area contributed by atoms with Crippen molar-refractivity contribution in [1.82, 2.24) is 14.8 Å². The van der Waals surface area contributed by atoms with Crippen molar-refractivity contribution in [3.05, 3.63) is 58.7 Å². The Bertz CT molecular complexity index is 1810. The van der Waals surface area contributed by atoms with E-state index >= 15 is 0 Å². The lowest BCUT2D eigenvalue weighted by Gasteiger charge is -2.43. The summed E-state index contributed by atoms with van der Waals surface area (Å²) in [5.74, 6) is 4.29. The Hall–Kier alpha value is -4.47. The van der Waals surface area contributed by atoms with Crippen LogP contribution in [0.3, 0.4) is 0 Å². The number of pyridine rings is 1. The maximum absolute atomic E-state index is 13.0. The van der Waals surface area contributed by atoms with Gasteiger partial charge in [-0.3, -0.25) is 4.90 Å². The number of hydrogen-bond acceptors (Lipinski definition) is 8. The predicted molar refractivity (Wildman–Crippen MR) is 191 cm³/mol. The third-order valence-corrected chi connectivity index (χ3v) is 11.8. The van der Waals surface area contributed by atoms with Crippen LogP contribution in [-0.2, 0) is 17.7 Å². The third-order valence-electron chi connectivity index (χ3n) is 11.8. The standard InChI is InChI=1S/C40H46N6O3/c1-3-5-22-48-39(47)44-24-30-14-15-31(25-44)46(30)37-32-16-21-43(35-13-7-12-29-11-6-10-28(4-2)36(29)35)26-34(32)33(23-41)38(42-37)49-27-40-17-8-19-45(40)20-9-18-40/h2,6-7,10-13,30-31H,3,5,8-9,14-22,24-27H2,1H3/t30-,31+. The summed E-state index contributed by atoms with van der Waals surface area (Å²) < 4.78 is 12.4. The number of benzene rings is 2. The van der Waals surface area contributed by atoms with Crippen molar-refractivity contribution in [2.24, 2.45) is 0 Å². The summed E-state index contributed by atoms with van der Waals surface area (Å²) in [6, 6.07) is 15.3. The molecule has 0 saturated carbocycles. The summed E-state index contributed by atoms with van der Waals surface area (Å²) in [7, 11) is 0.